The maximum Gasteiger partial charge on any atom is 0.416 e. The van der Waals surface area contributed by atoms with Crippen LogP contribution in [-0.4, -0.2) is 78.5 Å². The average Bonchev–Trinajstić information content (AvgIpc) is 3.19. The minimum Gasteiger partial charge on any atom is -0.463 e. The number of amides is 3. The Bertz CT molecular complexity index is 1370. The molecule has 4 rings (SSSR count). The molecule has 2 heterocycles. The normalized spacial score (nSPS) is 18.5. The van der Waals surface area contributed by atoms with Gasteiger partial charge in [-0.2, -0.15) is 13.2 Å². The van der Waals surface area contributed by atoms with Gasteiger partial charge in [-0.15, -0.1) is 0 Å². The first-order valence-corrected chi connectivity index (χ1v) is 14.3. The third kappa shape index (κ3) is 6.85. The summed E-state index contributed by atoms with van der Waals surface area (Å²) in [7, 11) is 0. The predicted octanol–water partition coefficient (Wildman–Crippen LogP) is 5.76. The van der Waals surface area contributed by atoms with Gasteiger partial charge in [0.1, 0.15) is 0 Å². The van der Waals surface area contributed by atoms with Crippen molar-refractivity contribution >= 4 is 41.1 Å². The fourth-order valence-electron chi connectivity index (χ4n) is 5.16. The minimum atomic E-state index is -4.48. The van der Waals surface area contributed by atoms with E-state index >= 15 is 0 Å². The molecule has 1 fully saturated rings. The average molecular weight is 627 g/mol. The Morgan fingerprint density at radius 3 is 2.38 bits per heavy atom. The summed E-state index contributed by atoms with van der Waals surface area (Å²) in [5, 5.41) is 3.35. The second kappa shape index (κ2) is 13.4. The molecule has 13 heteroatoms. The highest BCUT2D eigenvalue weighted by Crippen LogP contribution is 2.38. The van der Waals surface area contributed by atoms with Crippen molar-refractivity contribution in [1.82, 2.24) is 20.0 Å². The van der Waals surface area contributed by atoms with Crippen LogP contribution in [0.1, 0.15) is 47.8 Å². The molecule has 8 nitrogen and oxygen atoms in total. The zero-order chi connectivity index (χ0) is 30.6. The van der Waals surface area contributed by atoms with E-state index in [1.165, 1.54) is 17.0 Å². The quantitative estimate of drug-likeness (QED) is 0.395. The molecule has 2 aliphatic rings. The second-order valence-corrected chi connectivity index (χ2v) is 10.6. The third-order valence-electron chi connectivity index (χ3n) is 7.25. The van der Waals surface area contributed by atoms with Gasteiger partial charge in [0, 0.05) is 50.5 Å². The maximum absolute atomic E-state index is 13.4. The van der Waals surface area contributed by atoms with Crippen LogP contribution in [0.25, 0.3) is 0 Å². The number of nitrogens with zero attached hydrogens (tertiary/aromatic N) is 3. The number of nitrogens with one attached hydrogen (secondary N) is 1. The van der Waals surface area contributed by atoms with E-state index in [2.05, 4.69) is 5.32 Å². The van der Waals surface area contributed by atoms with Gasteiger partial charge in [-0.25, -0.2) is 9.59 Å². The van der Waals surface area contributed by atoms with Crippen LogP contribution in [0.4, 0.5) is 18.0 Å². The number of hydrogen-bond donors (Lipinski definition) is 1. The molecule has 1 N–H and O–H groups in total. The SMILES string of the molecule is CCOC(=O)C1=C(CN2CCCN(C(=O)c3ccc(C(F)(F)F)cc3)CC2)N(CC)C(=O)NC1c1cccc(Cl)c1Cl. The molecule has 1 atom stereocenters. The fourth-order valence-corrected chi connectivity index (χ4v) is 5.58. The zero-order valence-corrected chi connectivity index (χ0v) is 24.7. The number of carbonyl (C=O) groups excluding carboxylic acids is 3. The van der Waals surface area contributed by atoms with Crippen molar-refractivity contribution < 1.29 is 32.3 Å². The first kappa shape index (κ1) is 31.7. The van der Waals surface area contributed by atoms with Gasteiger partial charge in [-0.1, -0.05) is 35.3 Å². The third-order valence-corrected chi connectivity index (χ3v) is 8.08. The topological polar surface area (TPSA) is 82.2 Å². The summed E-state index contributed by atoms with van der Waals surface area (Å²) in [6.45, 7) is 5.78. The van der Waals surface area contributed by atoms with Gasteiger partial charge in [0.05, 0.1) is 33.8 Å². The highest BCUT2D eigenvalue weighted by molar-refractivity contribution is 6.42. The number of hydrogen-bond acceptors (Lipinski definition) is 5. The molecule has 2 aliphatic heterocycles. The summed E-state index contributed by atoms with van der Waals surface area (Å²) in [5.41, 5.74) is 0.512. The summed E-state index contributed by atoms with van der Waals surface area (Å²) in [6, 6.07) is 7.85. The van der Waals surface area contributed by atoms with Gasteiger partial charge in [-0.05, 0) is 56.2 Å². The van der Waals surface area contributed by atoms with Gasteiger partial charge in [0.25, 0.3) is 5.91 Å². The van der Waals surface area contributed by atoms with E-state index in [4.69, 9.17) is 27.9 Å². The van der Waals surface area contributed by atoms with Crippen LogP contribution in [-0.2, 0) is 15.7 Å². The van der Waals surface area contributed by atoms with Crippen LogP contribution >= 0.6 is 23.2 Å². The summed E-state index contributed by atoms with van der Waals surface area (Å²) < 4.78 is 44.2. The Morgan fingerprint density at radius 2 is 1.74 bits per heavy atom. The molecular weight excluding hydrogens is 596 g/mol. The van der Waals surface area contributed by atoms with E-state index in [9.17, 15) is 27.6 Å². The highest BCUT2D eigenvalue weighted by Gasteiger charge is 2.39. The molecule has 0 radical (unpaired) electrons. The second-order valence-electron chi connectivity index (χ2n) is 9.85. The Hall–Kier alpha value is -3.28. The zero-order valence-electron chi connectivity index (χ0n) is 23.1. The van der Waals surface area contributed by atoms with Crippen LogP contribution in [0.3, 0.4) is 0 Å². The minimum absolute atomic E-state index is 0.121. The first-order chi connectivity index (χ1) is 20.0. The lowest BCUT2D eigenvalue weighted by Crippen LogP contribution is -2.51. The lowest BCUT2D eigenvalue weighted by Gasteiger charge is -2.38. The molecule has 42 heavy (non-hydrogen) atoms. The van der Waals surface area contributed by atoms with E-state index in [-0.39, 0.29) is 46.8 Å². The molecule has 1 saturated heterocycles. The summed E-state index contributed by atoms with van der Waals surface area (Å²) in [4.78, 5) is 44.8. The molecule has 1 unspecified atom stereocenters. The summed E-state index contributed by atoms with van der Waals surface area (Å²) >= 11 is 12.8. The Kier molecular flexibility index (Phi) is 10.1. The Labute approximate surface area is 252 Å². The van der Waals surface area contributed by atoms with Gasteiger partial charge >= 0.3 is 18.2 Å². The van der Waals surface area contributed by atoms with Crippen molar-refractivity contribution in [3.63, 3.8) is 0 Å². The van der Waals surface area contributed by atoms with Gasteiger partial charge in [0.15, 0.2) is 0 Å². The van der Waals surface area contributed by atoms with E-state index < -0.39 is 29.8 Å². The van der Waals surface area contributed by atoms with Crippen LogP contribution in [0.2, 0.25) is 10.0 Å². The molecule has 0 saturated carbocycles. The number of urea groups is 1. The largest absolute Gasteiger partial charge is 0.463 e. The van der Waals surface area contributed by atoms with Crippen LogP contribution in [0.15, 0.2) is 53.7 Å². The lowest BCUT2D eigenvalue weighted by molar-refractivity contribution is -0.139. The molecule has 226 valence electrons. The number of likely N-dealkylation sites (N-methyl/N-ethyl adjacent to an activating group) is 1. The summed E-state index contributed by atoms with van der Waals surface area (Å²) in [6.07, 6.45) is -3.91. The smallest absolute Gasteiger partial charge is 0.416 e. The number of ether oxygens (including phenoxy) is 1. The van der Waals surface area contributed by atoms with Crippen molar-refractivity contribution in [2.45, 2.75) is 32.5 Å². The number of benzene rings is 2. The van der Waals surface area contributed by atoms with Crippen LogP contribution in [0.5, 0.6) is 0 Å². The van der Waals surface area contributed by atoms with E-state index in [1.807, 2.05) is 4.90 Å². The van der Waals surface area contributed by atoms with E-state index in [0.29, 0.717) is 43.9 Å². The van der Waals surface area contributed by atoms with E-state index in [0.717, 1.165) is 12.1 Å². The molecule has 0 aliphatic carbocycles. The molecule has 2 aromatic carbocycles. The number of halogens is 5. The van der Waals surface area contributed by atoms with E-state index in [1.54, 1.807) is 36.9 Å². The molecule has 3 amide bonds. The Balaban J connectivity index is 1.60. The van der Waals surface area contributed by atoms with Crippen molar-refractivity contribution in [1.29, 1.82) is 0 Å². The summed E-state index contributed by atoms with van der Waals surface area (Å²) in [5.74, 6) is -0.958. The monoisotopic (exact) mass is 626 g/mol. The van der Waals surface area contributed by atoms with Gasteiger partial charge in [-0.3, -0.25) is 14.6 Å². The lowest BCUT2D eigenvalue weighted by atomic mass is 9.94. The Morgan fingerprint density at radius 1 is 1.02 bits per heavy atom. The van der Waals surface area contributed by atoms with Crippen molar-refractivity contribution in [2.24, 2.45) is 0 Å². The number of rotatable bonds is 7. The first-order valence-electron chi connectivity index (χ1n) is 13.6. The molecular formula is C29H31Cl2F3N4O4. The predicted molar refractivity (Wildman–Crippen MR) is 152 cm³/mol. The maximum atomic E-state index is 13.4. The van der Waals surface area contributed by atoms with Crippen molar-refractivity contribution in [2.75, 3.05) is 45.9 Å². The number of alkyl halides is 3. The molecule has 0 spiro atoms. The highest BCUT2D eigenvalue weighted by atomic mass is 35.5. The van der Waals surface area contributed by atoms with Crippen molar-refractivity contribution in [3.8, 4) is 0 Å². The molecule has 2 aromatic rings. The standard InChI is InChI=1S/C29H31Cl2F3N4O4/c1-3-38-22(23(27(40)42-4-2)25(35-28(38)41)20-7-5-8-21(30)24(20)31)17-36-13-6-14-37(16-15-36)26(39)18-9-11-19(12-10-18)29(32,33)34/h5,7-12,25H,3-4,6,13-17H2,1-2H3,(H,35,41). The van der Waals surface area contributed by atoms with Gasteiger partial charge < -0.3 is 15.0 Å². The van der Waals surface area contributed by atoms with Crippen LogP contribution in [0, 0.1) is 0 Å². The molecule has 0 aromatic heterocycles. The number of carbonyl (C=O) groups is 3. The number of esters is 1. The molecule has 0 bridgehead atoms. The van der Waals surface area contributed by atoms with Gasteiger partial charge in [0.2, 0.25) is 0 Å². The van der Waals surface area contributed by atoms with Crippen LogP contribution < -0.4 is 5.32 Å². The van der Waals surface area contributed by atoms with Crippen molar-refractivity contribution in [3.05, 3.63) is 80.5 Å². The fraction of sp³-hybridized carbons (Fsp3) is 0.414.